The van der Waals surface area contributed by atoms with E-state index >= 15 is 0 Å². The van der Waals surface area contributed by atoms with Crippen molar-refractivity contribution in [3.8, 4) is 5.75 Å². The third kappa shape index (κ3) is 3.48. The molecule has 0 aliphatic carbocycles. The van der Waals surface area contributed by atoms with E-state index in [4.69, 9.17) is 9.47 Å². The molecule has 1 aliphatic heterocycles. The molecule has 1 aromatic rings. The van der Waals surface area contributed by atoms with Crippen molar-refractivity contribution in [3.05, 3.63) is 29.8 Å². The lowest BCUT2D eigenvalue weighted by Crippen LogP contribution is -2.39. The van der Waals surface area contributed by atoms with Gasteiger partial charge in [-0.3, -0.25) is 0 Å². The van der Waals surface area contributed by atoms with Crippen molar-refractivity contribution >= 4 is 0 Å². The van der Waals surface area contributed by atoms with E-state index in [-0.39, 0.29) is 6.10 Å². The third-order valence-electron chi connectivity index (χ3n) is 3.99. The molecule has 3 atom stereocenters. The van der Waals surface area contributed by atoms with Crippen molar-refractivity contribution in [1.82, 2.24) is 5.32 Å². The predicted molar refractivity (Wildman–Crippen MR) is 77.8 cm³/mol. The molecule has 1 N–H and O–H groups in total. The number of hydrogen-bond donors (Lipinski definition) is 1. The Hall–Kier alpha value is -1.06. The minimum absolute atomic E-state index is 0.241. The minimum Gasteiger partial charge on any atom is -0.493 e. The Bertz CT molecular complexity index is 394. The second kappa shape index (κ2) is 6.92. The summed E-state index contributed by atoms with van der Waals surface area (Å²) in [5.74, 6) is 1.61. The number of likely N-dealkylation sites (N-methyl/N-ethyl adjacent to an activating group) is 1. The first kappa shape index (κ1) is 14.4. The highest BCUT2D eigenvalue weighted by atomic mass is 16.5. The fraction of sp³-hybridized carbons (Fsp3) is 0.625. The zero-order chi connectivity index (χ0) is 13.7. The van der Waals surface area contributed by atoms with Gasteiger partial charge in [-0.1, -0.05) is 18.2 Å². The van der Waals surface area contributed by atoms with Crippen LogP contribution in [0.4, 0.5) is 0 Å². The second-order valence-electron chi connectivity index (χ2n) is 5.16. The summed E-state index contributed by atoms with van der Waals surface area (Å²) in [6.07, 6.45) is 2.43. The molecule has 106 valence electrons. The highest BCUT2D eigenvalue weighted by molar-refractivity contribution is 5.37. The first-order valence-corrected chi connectivity index (χ1v) is 7.26. The molecular formula is C16H25NO2. The monoisotopic (exact) mass is 263 g/mol. The summed E-state index contributed by atoms with van der Waals surface area (Å²) in [5.41, 5.74) is 1.35. The smallest absolute Gasteiger partial charge is 0.122 e. The average Bonchev–Trinajstić information content (AvgIpc) is 2.45. The van der Waals surface area contributed by atoms with Gasteiger partial charge in [-0.25, -0.2) is 0 Å². The first-order valence-electron chi connectivity index (χ1n) is 7.26. The van der Waals surface area contributed by atoms with E-state index in [0.29, 0.717) is 12.0 Å². The maximum atomic E-state index is 5.73. The number of para-hydroxylation sites is 1. The maximum Gasteiger partial charge on any atom is 0.122 e. The lowest BCUT2D eigenvalue weighted by molar-refractivity contribution is 0.0440. The van der Waals surface area contributed by atoms with Crippen LogP contribution in [0.5, 0.6) is 5.75 Å². The van der Waals surface area contributed by atoms with E-state index in [9.17, 15) is 0 Å². The van der Waals surface area contributed by atoms with Crippen molar-refractivity contribution in [3.63, 3.8) is 0 Å². The summed E-state index contributed by atoms with van der Waals surface area (Å²) < 4.78 is 11.5. The summed E-state index contributed by atoms with van der Waals surface area (Å²) in [6, 6.07) is 8.79. The normalized spacial score (nSPS) is 21.3. The minimum atomic E-state index is 0.241. The van der Waals surface area contributed by atoms with E-state index in [0.717, 1.165) is 31.8 Å². The van der Waals surface area contributed by atoms with Gasteiger partial charge in [0, 0.05) is 12.6 Å². The van der Waals surface area contributed by atoms with E-state index in [1.165, 1.54) is 5.56 Å². The average molecular weight is 263 g/mol. The molecule has 19 heavy (non-hydrogen) atoms. The Morgan fingerprint density at radius 1 is 1.42 bits per heavy atom. The zero-order valence-electron chi connectivity index (χ0n) is 12.2. The fourth-order valence-corrected chi connectivity index (χ4v) is 2.89. The molecule has 3 unspecified atom stereocenters. The van der Waals surface area contributed by atoms with Crippen molar-refractivity contribution in [2.75, 3.05) is 20.3 Å². The topological polar surface area (TPSA) is 30.5 Å². The second-order valence-corrected chi connectivity index (χ2v) is 5.16. The number of hydrogen-bond acceptors (Lipinski definition) is 3. The summed E-state index contributed by atoms with van der Waals surface area (Å²) in [5, 5.41) is 3.40. The van der Waals surface area contributed by atoms with Crippen LogP contribution in [0.2, 0.25) is 0 Å². The van der Waals surface area contributed by atoms with Crippen molar-refractivity contribution in [1.29, 1.82) is 0 Å². The van der Waals surface area contributed by atoms with Crippen LogP contribution >= 0.6 is 0 Å². The molecule has 1 aromatic carbocycles. The molecular weight excluding hydrogens is 238 g/mol. The summed E-state index contributed by atoms with van der Waals surface area (Å²) in [4.78, 5) is 0. The molecule has 0 spiro atoms. The third-order valence-corrected chi connectivity index (χ3v) is 3.99. The predicted octanol–water partition coefficient (Wildman–Crippen LogP) is 2.96. The fourth-order valence-electron chi connectivity index (χ4n) is 2.89. The van der Waals surface area contributed by atoms with Crippen molar-refractivity contribution in [2.24, 2.45) is 0 Å². The Kier molecular flexibility index (Phi) is 5.23. The van der Waals surface area contributed by atoms with Crippen LogP contribution in [0.15, 0.2) is 24.3 Å². The molecule has 0 fully saturated rings. The van der Waals surface area contributed by atoms with Crippen LogP contribution in [0, 0.1) is 0 Å². The van der Waals surface area contributed by atoms with Gasteiger partial charge in [-0.2, -0.15) is 0 Å². The Labute approximate surface area is 116 Å². The lowest BCUT2D eigenvalue weighted by Gasteiger charge is -2.31. The first-order chi connectivity index (χ1) is 9.26. The van der Waals surface area contributed by atoms with Crippen LogP contribution < -0.4 is 10.1 Å². The molecule has 0 saturated heterocycles. The summed E-state index contributed by atoms with van der Waals surface area (Å²) in [6.45, 7) is 5.79. The van der Waals surface area contributed by atoms with Crippen LogP contribution in [0.25, 0.3) is 0 Å². The summed E-state index contributed by atoms with van der Waals surface area (Å²) >= 11 is 0. The molecule has 3 nitrogen and oxygen atoms in total. The van der Waals surface area contributed by atoms with Gasteiger partial charge in [-0.05, 0) is 51.3 Å². The molecule has 0 aromatic heterocycles. The Morgan fingerprint density at radius 3 is 2.95 bits per heavy atom. The van der Waals surface area contributed by atoms with E-state index in [2.05, 4.69) is 30.4 Å². The number of ether oxygens (including phenoxy) is 2. The lowest BCUT2D eigenvalue weighted by atomic mass is 9.86. The number of fused-ring (bicyclic) bond motifs is 1. The van der Waals surface area contributed by atoms with Gasteiger partial charge in [0.15, 0.2) is 0 Å². The van der Waals surface area contributed by atoms with Crippen LogP contribution in [0.1, 0.15) is 38.2 Å². The van der Waals surface area contributed by atoms with Crippen LogP contribution in [-0.2, 0) is 4.74 Å². The highest BCUT2D eigenvalue weighted by Crippen LogP contribution is 2.36. The van der Waals surface area contributed by atoms with Crippen molar-refractivity contribution in [2.45, 2.75) is 44.8 Å². The zero-order valence-corrected chi connectivity index (χ0v) is 12.2. The molecule has 3 heteroatoms. The van der Waals surface area contributed by atoms with Gasteiger partial charge in [0.1, 0.15) is 5.75 Å². The van der Waals surface area contributed by atoms with Gasteiger partial charge in [-0.15, -0.1) is 0 Å². The molecule has 2 rings (SSSR count). The standard InChI is InChI=1S/C16H25NO2/c1-4-18-12(2)15(17-3)11-13-9-10-19-16-8-6-5-7-14(13)16/h5-8,12-13,15,17H,4,9-11H2,1-3H3. The Balaban J connectivity index is 2.06. The molecule has 0 amide bonds. The Morgan fingerprint density at radius 2 is 2.21 bits per heavy atom. The van der Waals surface area contributed by atoms with Gasteiger partial charge < -0.3 is 14.8 Å². The number of rotatable bonds is 6. The number of benzene rings is 1. The van der Waals surface area contributed by atoms with Gasteiger partial charge in [0.2, 0.25) is 0 Å². The quantitative estimate of drug-likeness (QED) is 0.856. The van der Waals surface area contributed by atoms with Crippen LogP contribution in [-0.4, -0.2) is 32.4 Å². The molecule has 0 bridgehead atoms. The molecule has 0 saturated carbocycles. The molecule has 1 heterocycles. The van der Waals surface area contributed by atoms with E-state index in [1.54, 1.807) is 0 Å². The maximum absolute atomic E-state index is 5.73. The highest BCUT2D eigenvalue weighted by Gasteiger charge is 2.26. The van der Waals surface area contributed by atoms with Gasteiger partial charge >= 0.3 is 0 Å². The van der Waals surface area contributed by atoms with Crippen LogP contribution in [0.3, 0.4) is 0 Å². The summed E-state index contributed by atoms with van der Waals surface area (Å²) in [7, 11) is 2.02. The van der Waals surface area contributed by atoms with E-state index < -0.39 is 0 Å². The SMILES string of the molecule is CCOC(C)C(CC1CCOc2ccccc21)NC. The largest absolute Gasteiger partial charge is 0.493 e. The van der Waals surface area contributed by atoms with Crippen molar-refractivity contribution < 1.29 is 9.47 Å². The molecule has 1 aliphatic rings. The van der Waals surface area contributed by atoms with Gasteiger partial charge in [0.05, 0.1) is 12.7 Å². The number of nitrogens with one attached hydrogen (secondary N) is 1. The molecule has 0 radical (unpaired) electrons. The van der Waals surface area contributed by atoms with E-state index in [1.807, 2.05) is 20.0 Å². The van der Waals surface area contributed by atoms with Gasteiger partial charge in [0.25, 0.3) is 0 Å².